The van der Waals surface area contributed by atoms with Crippen molar-refractivity contribution < 1.29 is 4.39 Å². The van der Waals surface area contributed by atoms with E-state index >= 15 is 0 Å². The molecule has 0 aliphatic heterocycles. The van der Waals surface area contributed by atoms with Crippen LogP contribution in [0, 0.1) is 19.7 Å². The summed E-state index contributed by atoms with van der Waals surface area (Å²) in [6.07, 6.45) is 0. The van der Waals surface area contributed by atoms with E-state index in [1.54, 1.807) is 16.8 Å². The Kier molecular flexibility index (Phi) is 4.63. The van der Waals surface area contributed by atoms with Gasteiger partial charge in [0.2, 0.25) is 0 Å². The second-order valence-corrected chi connectivity index (χ2v) is 7.33. The molecule has 0 amide bonds. The number of rotatable bonds is 4. The molecule has 0 bridgehead atoms. The minimum absolute atomic E-state index is 0.281. The summed E-state index contributed by atoms with van der Waals surface area (Å²) in [4.78, 5) is 4.78. The first-order valence-corrected chi connectivity index (χ1v) is 9.87. The summed E-state index contributed by atoms with van der Waals surface area (Å²) in [6, 6.07) is 21.8. The lowest BCUT2D eigenvalue weighted by molar-refractivity contribution is 0.628. The van der Waals surface area contributed by atoms with Crippen molar-refractivity contribution in [3.63, 3.8) is 0 Å². The van der Waals surface area contributed by atoms with Crippen molar-refractivity contribution in [3.8, 4) is 17.1 Å². The third-order valence-electron chi connectivity index (χ3n) is 5.02. The Hall–Kier alpha value is -4.13. The van der Waals surface area contributed by atoms with Crippen LogP contribution in [0.3, 0.4) is 0 Å². The average Bonchev–Trinajstić information content (AvgIpc) is 3.15. The van der Waals surface area contributed by atoms with Gasteiger partial charge in [0, 0.05) is 17.0 Å². The average molecular weight is 410 g/mol. The van der Waals surface area contributed by atoms with Crippen molar-refractivity contribution in [2.75, 3.05) is 5.32 Å². The van der Waals surface area contributed by atoms with Gasteiger partial charge in [0.15, 0.2) is 11.6 Å². The Labute approximate surface area is 178 Å². The summed E-state index contributed by atoms with van der Waals surface area (Å²) in [5.41, 5.74) is 4.37. The van der Waals surface area contributed by atoms with Crippen molar-refractivity contribution in [1.82, 2.24) is 25.0 Å². The van der Waals surface area contributed by atoms with Crippen molar-refractivity contribution in [1.29, 1.82) is 0 Å². The first kappa shape index (κ1) is 18.9. The molecule has 152 valence electrons. The summed E-state index contributed by atoms with van der Waals surface area (Å²) in [5.74, 6) is 1.76. The van der Waals surface area contributed by atoms with Crippen LogP contribution < -0.4 is 5.32 Å². The van der Waals surface area contributed by atoms with Gasteiger partial charge in [0.05, 0.1) is 16.9 Å². The lowest BCUT2D eigenvalue weighted by Crippen LogP contribution is -2.06. The van der Waals surface area contributed by atoms with Gasteiger partial charge in [-0.25, -0.2) is 9.37 Å². The predicted octanol–water partition coefficient (Wildman–Crippen LogP) is 5.38. The number of aryl methyl sites for hydroxylation is 2. The number of aromatic nitrogens is 5. The monoisotopic (exact) mass is 410 g/mol. The number of anilines is 2. The Morgan fingerprint density at radius 2 is 1.68 bits per heavy atom. The van der Waals surface area contributed by atoms with E-state index in [2.05, 4.69) is 33.6 Å². The molecule has 0 saturated carbocycles. The molecule has 5 aromatic rings. The summed E-state index contributed by atoms with van der Waals surface area (Å²) in [5, 5.41) is 17.5. The van der Waals surface area contributed by atoms with Crippen LogP contribution in [-0.2, 0) is 0 Å². The van der Waals surface area contributed by atoms with Gasteiger partial charge in [-0.1, -0.05) is 18.2 Å². The van der Waals surface area contributed by atoms with Crippen LogP contribution in [0.25, 0.3) is 28.0 Å². The molecule has 0 aliphatic carbocycles. The standard InChI is InChI=1S/C24H19FN6/c1-15-13-23(26-21-6-4-3-5-19(15)21)31-24(14-16(2)30-31)27-22-12-11-20(28-29-22)17-7-9-18(25)10-8-17/h3-14H,1-2H3,(H,27,29). The zero-order chi connectivity index (χ0) is 21.4. The van der Waals surface area contributed by atoms with Crippen LogP contribution in [0.1, 0.15) is 11.3 Å². The van der Waals surface area contributed by atoms with E-state index in [-0.39, 0.29) is 5.82 Å². The maximum atomic E-state index is 13.1. The lowest BCUT2D eigenvalue weighted by Gasteiger charge is -2.11. The van der Waals surface area contributed by atoms with E-state index in [0.717, 1.165) is 39.4 Å². The molecule has 0 radical (unpaired) electrons. The van der Waals surface area contributed by atoms with E-state index in [9.17, 15) is 4.39 Å². The number of fused-ring (bicyclic) bond motifs is 1. The highest BCUT2D eigenvalue weighted by molar-refractivity contribution is 5.83. The largest absolute Gasteiger partial charge is 0.323 e. The Morgan fingerprint density at radius 3 is 2.45 bits per heavy atom. The van der Waals surface area contributed by atoms with Crippen LogP contribution in [0.4, 0.5) is 16.0 Å². The second kappa shape index (κ2) is 7.60. The number of pyridine rings is 1. The molecule has 0 aliphatic rings. The molecule has 5 rings (SSSR count). The molecule has 1 N–H and O–H groups in total. The maximum absolute atomic E-state index is 13.1. The molecule has 0 saturated heterocycles. The summed E-state index contributed by atoms with van der Waals surface area (Å²) in [7, 11) is 0. The van der Waals surface area contributed by atoms with Crippen LogP contribution in [0.2, 0.25) is 0 Å². The minimum atomic E-state index is -0.281. The van der Waals surface area contributed by atoms with Crippen molar-refractivity contribution >= 4 is 22.5 Å². The molecule has 0 spiro atoms. The van der Waals surface area contributed by atoms with Crippen molar-refractivity contribution in [2.24, 2.45) is 0 Å². The van der Waals surface area contributed by atoms with Gasteiger partial charge < -0.3 is 5.32 Å². The summed E-state index contributed by atoms with van der Waals surface area (Å²) < 4.78 is 14.9. The molecule has 6 nitrogen and oxygen atoms in total. The zero-order valence-corrected chi connectivity index (χ0v) is 17.0. The van der Waals surface area contributed by atoms with E-state index in [1.165, 1.54) is 12.1 Å². The second-order valence-electron chi connectivity index (χ2n) is 7.33. The number of nitrogens with one attached hydrogen (secondary N) is 1. The van der Waals surface area contributed by atoms with Crippen LogP contribution in [0.5, 0.6) is 0 Å². The highest BCUT2D eigenvalue weighted by atomic mass is 19.1. The van der Waals surface area contributed by atoms with Gasteiger partial charge >= 0.3 is 0 Å². The van der Waals surface area contributed by atoms with E-state index in [1.807, 2.05) is 49.4 Å². The predicted molar refractivity (Wildman–Crippen MR) is 119 cm³/mol. The van der Waals surface area contributed by atoms with Gasteiger partial charge in [0.25, 0.3) is 0 Å². The normalized spacial score (nSPS) is 11.1. The highest BCUT2D eigenvalue weighted by Crippen LogP contribution is 2.24. The molecule has 3 heterocycles. The fourth-order valence-corrected chi connectivity index (χ4v) is 3.51. The van der Waals surface area contributed by atoms with E-state index in [0.29, 0.717) is 11.5 Å². The molecule has 3 aromatic heterocycles. The van der Waals surface area contributed by atoms with Gasteiger partial charge in [0.1, 0.15) is 11.6 Å². The first-order chi connectivity index (χ1) is 15.1. The van der Waals surface area contributed by atoms with Gasteiger partial charge in [-0.05, 0) is 67.9 Å². The number of halogens is 1. The van der Waals surface area contributed by atoms with Gasteiger partial charge in [-0.3, -0.25) is 0 Å². The molecule has 31 heavy (non-hydrogen) atoms. The Balaban J connectivity index is 1.47. The lowest BCUT2D eigenvalue weighted by atomic mass is 10.1. The number of benzene rings is 2. The topological polar surface area (TPSA) is 68.5 Å². The quantitative estimate of drug-likeness (QED) is 0.431. The fourth-order valence-electron chi connectivity index (χ4n) is 3.51. The van der Waals surface area contributed by atoms with Crippen LogP contribution >= 0.6 is 0 Å². The smallest absolute Gasteiger partial charge is 0.156 e. The summed E-state index contributed by atoms with van der Waals surface area (Å²) in [6.45, 7) is 4.00. The summed E-state index contributed by atoms with van der Waals surface area (Å²) >= 11 is 0. The molecule has 0 fully saturated rings. The minimum Gasteiger partial charge on any atom is -0.323 e. The molecular weight excluding hydrogens is 391 g/mol. The molecule has 2 aromatic carbocycles. The van der Waals surface area contributed by atoms with E-state index < -0.39 is 0 Å². The fraction of sp³-hybridized carbons (Fsp3) is 0.0833. The van der Waals surface area contributed by atoms with Gasteiger partial charge in [-0.15, -0.1) is 10.2 Å². The number of nitrogens with zero attached hydrogens (tertiary/aromatic N) is 5. The first-order valence-electron chi connectivity index (χ1n) is 9.87. The number of hydrogen-bond acceptors (Lipinski definition) is 5. The number of para-hydroxylation sites is 1. The zero-order valence-electron chi connectivity index (χ0n) is 17.0. The van der Waals surface area contributed by atoms with Crippen molar-refractivity contribution in [3.05, 3.63) is 89.9 Å². The van der Waals surface area contributed by atoms with Crippen molar-refractivity contribution in [2.45, 2.75) is 13.8 Å². The van der Waals surface area contributed by atoms with Crippen LogP contribution in [-0.4, -0.2) is 25.0 Å². The third-order valence-corrected chi connectivity index (χ3v) is 5.02. The Bertz CT molecular complexity index is 1370. The molecular formula is C24H19FN6. The maximum Gasteiger partial charge on any atom is 0.156 e. The molecule has 7 heteroatoms. The third kappa shape index (κ3) is 3.73. The van der Waals surface area contributed by atoms with E-state index in [4.69, 9.17) is 4.98 Å². The Morgan fingerprint density at radius 1 is 0.871 bits per heavy atom. The number of hydrogen-bond donors (Lipinski definition) is 1. The molecule has 0 unspecified atom stereocenters. The molecule has 0 atom stereocenters. The SMILES string of the molecule is Cc1cc(Nc2ccc(-c3ccc(F)cc3)nn2)n(-c2cc(C)c3ccccc3n2)n1. The van der Waals surface area contributed by atoms with Crippen LogP contribution in [0.15, 0.2) is 72.8 Å². The highest BCUT2D eigenvalue weighted by Gasteiger charge is 2.12. The van der Waals surface area contributed by atoms with Gasteiger partial charge in [-0.2, -0.15) is 9.78 Å².